The number of hydrogen-bond donors (Lipinski definition) is 0. The maximum atomic E-state index is 13.0. The molecule has 254 valence electrons. The van der Waals surface area contributed by atoms with Gasteiger partial charge in [-0.3, -0.25) is 14.4 Å². The van der Waals surface area contributed by atoms with Crippen LogP contribution in [0.1, 0.15) is 112 Å². The van der Waals surface area contributed by atoms with Gasteiger partial charge in [0.25, 0.3) is 0 Å². The lowest BCUT2D eigenvalue weighted by molar-refractivity contribution is -0.155. The quantitative estimate of drug-likeness (QED) is 0.185. The molecule has 1 fully saturated rings. The van der Waals surface area contributed by atoms with E-state index in [-0.39, 0.29) is 24.6 Å². The number of piperidine rings is 1. The maximum Gasteiger partial charge on any atom is 0.410 e. The minimum absolute atomic E-state index is 0.0734. The average molecular weight is 664 g/mol. The number of esters is 1. The Hall–Kier alpha value is -3.57. The van der Waals surface area contributed by atoms with Crippen LogP contribution in [0.5, 0.6) is 0 Å². The Morgan fingerprint density at radius 2 is 1.60 bits per heavy atom. The van der Waals surface area contributed by atoms with Crippen molar-refractivity contribution in [3.63, 3.8) is 0 Å². The number of amides is 1. The van der Waals surface area contributed by atoms with Gasteiger partial charge in [0, 0.05) is 35.7 Å². The van der Waals surface area contributed by atoms with E-state index < -0.39 is 17.2 Å². The van der Waals surface area contributed by atoms with Crippen LogP contribution in [0.25, 0.3) is 5.00 Å². The molecule has 2 aliphatic rings. The molecule has 0 bridgehead atoms. The first kappa shape index (κ1) is 34.8. The molecular weight excluding hydrogens is 614 g/mol. The fourth-order valence-electron chi connectivity index (χ4n) is 5.95. The largest absolute Gasteiger partial charge is 0.460 e. The molecule has 0 radical (unpaired) electrons. The summed E-state index contributed by atoms with van der Waals surface area (Å²) in [7, 11) is 0. The van der Waals surface area contributed by atoms with Gasteiger partial charge in [-0.25, -0.2) is 4.79 Å². The minimum atomic E-state index is -0.593. The summed E-state index contributed by atoms with van der Waals surface area (Å²) in [6.07, 6.45) is 3.44. The fourth-order valence-corrected chi connectivity index (χ4v) is 7.17. The van der Waals surface area contributed by atoms with Crippen molar-refractivity contribution in [1.82, 2.24) is 19.7 Å². The number of nitrogens with zero attached hydrogens (tertiary/aromatic N) is 5. The molecule has 1 atom stereocenters. The van der Waals surface area contributed by atoms with Crippen LogP contribution in [0.3, 0.4) is 0 Å². The zero-order chi connectivity index (χ0) is 34.1. The van der Waals surface area contributed by atoms with Crippen molar-refractivity contribution in [3.05, 3.63) is 63.0 Å². The van der Waals surface area contributed by atoms with Crippen LogP contribution in [-0.4, -0.2) is 74.4 Å². The van der Waals surface area contributed by atoms with Gasteiger partial charge in [0.1, 0.15) is 28.1 Å². The molecule has 5 rings (SSSR count). The molecule has 0 aliphatic carbocycles. The van der Waals surface area contributed by atoms with E-state index in [1.54, 1.807) is 16.2 Å². The van der Waals surface area contributed by atoms with Gasteiger partial charge >= 0.3 is 12.1 Å². The Balaban J connectivity index is 1.26. The average Bonchev–Trinajstić information content (AvgIpc) is 3.46. The number of thiophene rings is 1. The number of rotatable bonds is 8. The van der Waals surface area contributed by atoms with Crippen LogP contribution in [-0.2, 0) is 25.4 Å². The van der Waals surface area contributed by atoms with Gasteiger partial charge in [-0.15, -0.1) is 21.5 Å². The summed E-state index contributed by atoms with van der Waals surface area (Å²) in [6, 6.07) is 8.03. The van der Waals surface area contributed by atoms with Crippen LogP contribution in [0.15, 0.2) is 29.3 Å². The lowest BCUT2D eigenvalue weighted by Gasteiger charge is -2.33. The van der Waals surface area contributed by atoms with Crippen LogP contribution < -0.4 is 0 Å². The second kappa shape index (κ2) is 13.9. The van der Waals surface area contributed by atoms with E-state index in [2.05, 4.69) is 52.9 Å². The van der Waals surface area contributed by atoms with Gasteiger partial charge < -0.3 is 19.1 Å². The zero-order valence-corrected chi connectivity index (χ0v) is 30.1. The van der Waals surface area contributed by atoms with E-state index >= 15 is 0 Å². The van der Waals surface area contributed by atoms with Crippen molar-refractivity contribution in [2.24, 2.45) is 4.99 Å². The summed E-state index contributed by atoms with van der Waals surface area (Å²) in [5.41, 5.74) is 4.22. The molecule has 3 aromatic rings. The molecule has 0 unspecified atom stereocenters. The zero-order valence-electron chi connectivity index (χ0n) is 29.3. The van der Waals surface area contributed by atoms with E-state index in [0.29, 0.717) is 25.5 Å². The number of aryl methyl sites for hydroxylation is 3. The number of ether oxygens (including phenoxy) is 3. The number of aliphatic imine (C=N–C) groups is 1. The topological polar surface area (TPSA) is 108 Å². The number of likely N-dealkylation sites (tertiary alicyclic amines) is 1. The van der Waals surface area contributed by atoms with E-state index in [1.807, 2.05) is 48.5 Å². The summed E-state index contributed by atoms with van der Waals surface area (Å²) in [5, 5.41) is 9.90. The molecule has 47 heavy (non-hydrogen) atoms. The number of carbonyl (C=O) groups excluding carboxylic acids is 2. The summed E-state index contributed by atoms with van der Waals surface area (Å²) in [6.45, 7) is 19.5. The number of aromatic nitrogens is 3. The number of carbonyl (C=O) groups is 2. The lowest BCUT2D eigenvalue weighted by atomic mass is 9.98. The van der Waals surface area contributed by atoms with Crippen molar-refractivity contribution in [2.45, 2.75) is 118 Å². The third-order valence-electron chi connectivity index (χ3n) is 8.30. The SMILES string of the molecule is Cc1sc2c(c1C)C(c1ccc(CCCOC3CCN(C(=O)OC(C)(C)C)CC3)cc1)=N[C@@H](CC(=O)OC(C)(C)C)c1nnc(C)n1-2. The lowest BCUT2D eigenvalue weighted by Crippen LogP contribution is -2.43. The smallest absolute Gasteiger partial charge is 0.410 e. The Morgan fingerprint density at radius 1 is 0.936 bits per heavy atom. The first-order valence-electron chi connectivity index (χ1n) is 16.6. The van der Waals surface area contributed by atoms with Gasteiger partial charge in [-0.2, -0.15) is 0 Å². The van der Waals surface area contributed by atoms with Gasteiger partial charge in [-0.05, 0) is 99.1 Å². The standard InChI is InChI=1S/C36H49N5O5S/c1-22-23(2)47-33-30(22)31(37-28(21-29(42)45-35(4,5)6)32-39-38-24(3)41(32)33)26-14-12-25(13-15-26)11-10-20-44-27-16-18-40(19-17-27)34(43)46-36(7,8)9/h12-15,27-28H,10-11,16-21H2,1-9H3/t28-/m0/s1. The minimum Gasteiger partial charge on any atom is -0.460 e. The van der Waals surface area contributed by atoms with E-state index in [1.165, 1.54) is 16.0 Å². The Bertz CT molecular complexity index is 1620. The van der Waals surface area contributed by atoms with Gasteiger partial charge in [0.05, 0.1) is 18.2 Å². The highest BCUT2D eigenvalue weighted by Gasteiger charge is 2.33. The molecule has 2 aromatic heterocycles. The predicted octanol–water partition coefficient (Wildman–Crippen LogP) is 7.23. The van der Waals surface area contributed by atoms with Crippen molar-refractivity contribution in [3.8, 4) is 5.00 Å². The van der Waals surface area contributed by atoms with Gasteiger partial charge in [0.2, 0.25) is 0 Å². The Morgan fingerprint density at radius 3 is 2.23 bits per heavy atom. The Kier molecular flexibility index (Phi) is 10.3. The first-order chi connectivity index (χ1) is 22.1. The normalized spacial score (nSPS) is 17.1. The van der Waals surface area contributed by atoms with E-state index in [4.69, 9.17) is 19.2 Å². The van der Waals surface area contributed by atoms with Crippen molar-refractivity contribution in [1.29, 1.82) is 0 Å². The van der Waals surface area contributed by atoms with Crippen LogP contribution >= 0.6 is 11.3 Å². The molecule has 4 heterocycles. The summed E-state index contributed by atoms with van der Waals surface area (Å²) in [4.78, 5) is 33.6. The second-order valence-electron chi connectivity index (χ2n) is 14.5. The van der Waals surface area contributed by atoms with E-state index in [9.17, 15) is 9.59 Å². The van der Waals surface area contributed by atoms with Crippen molar-refractivity contribution in [2.75, 3.05) is 19.7 Å². The van der Waals surface area contributed by atoms with E-state index in [0.717, 1.165) is 53.3 Å². The first-order valence-corrected chi connectivity index (χ1v) is 17.4. The van der Waals surface area contributed by atoms with Crippen molar-refractivity contribution >= 4 is 29.1 Å². The second-order valence-corrected chi connectivity index (χ2v) is 15.7. The third kappa shape index (κ3) is 8.48. The highest BCUT2D eigenvalue weighted by Crippen LogP contribution is 2.39. The molecule has 0 saturated carbocycles. The monoisotopic (exact) mass is 663 g/mol. The summed E-state index contributed by atoms with van der Waals surface area (Å²) >= 11 is 1.70. The Labute approximate surface area is 282 Å². The predicted molar refractivity (Wildman–Crippen MR) is 184 cm³/mol. The molecule has 1 amide bonds. The molecule has 11 heteroatoms. The summed E-state index contributed by atoms with van der Waals surface area (Å²) < 4.78 is 19.4. The molecule has 10 nitrogen and oxygen atoms in total. The highest BCUT2D eigenvalue weighted by molar-refractivity contribution is 7.15. The van der Waals surface area contributed by atoms with Crippen LogP contribution in [0, 0.1) is 20.8 Å². The maximum absolute atomic E-state index is 13.0. The fraction of sp³-hybridized carbons (Fsp3) is 0.583. The number of hydrogen-bond acceptors (Lipinski definition) is 9. The van der Waals surface area contributed by atoms with Crippen LogP contribution in [0.4, 0.5) is 4.79 Å². The molecule has 1 aromatic carbocycles. The summed E-state index contributed by atoms with van der Waals surface area (Å²) in [5.74, 6) is 1.10. The van der Waals surface area contributed by atoms with Gasteiger partial charge in [0.15, 0.2) is 5.82 Å². The van der Waals surface area contributed by atoms with Gasteiger partial charge in [-0.1, -0.05) is 24.3 Å². The molecule has 0 N–H and O–H groups in total. The third-order valence-corrected chi connectivity index (χ3v) is 9.50. The van der Waals surface area contributed by atoms with Crippen molar-refractivity contribution < 1.29 is 23.8 Å². The molecule has 2 aliphatic heterocycles. The molecule has 0 spiro atoms. The highest BCUT2D eigenvalue weighted by atomic mass is 32.1. The molecule has 1 saturated heterocycles. The number of benzene rings is 1. The number of fused-ring (bicyclic) bond motifs is 3. The molecular formula is C36H49N5O5S. The van der Waals surface area contributed by atoms with Crippen LogP contribution in [0.2, 0.25) is 0 Å².